The molecule has 0 saturated carbocycles. The van der Waals surface area contributed by atoms with Gasteiger partial charge in [0.25, 0.3) is 5.91 Å². The number of hydrogen-bond acceptors (Lipinski definition) is 6. The van der Waals surface area contributed by atoms with Crippen molar-refractivity contribution in [3.63, 3.8) is 0 Å². The van der Waals surface area contributed by atoms with Gasteiger partial charge in [0.2, 0.25) is 0 Å². The third kappa shape index (κ3) is 7.56. The molecule has 1 aromatic carbocycles. The fourth-order valence-electron chi connectivity index (χ4n) is 2.83. The normalized spacial score (nSPS) is 16.5. The number of nitrogens with zero attached hydrogens (tertiary/aromatic N) is 2. The molecule has 0 radical (unpaired) electrons. The fourth-order valence-corrected chi connectivity index (χ4v) is 2.95. The van der Waals surface area contributed by atoms with Crippen LogP contribution in [-0.2, 0) is 9.59 Å². The second-order valence-corrected chi connectivity index (χ2v) is 7.89. The number of carboxylic acids is 2. The topological polar surface area (TPSA) is 139 Å². The van der Waals surface area contributed by atoms with Crippen molar-refractivity contribution in [3.05, 3.63) is 34.9 Å². The quantitative estimate of drug-likeness (QED) is 0.466. The third-order valence-corrected chi connectivity index (χ3v) is 5.13. The number of carbonyl (C=O) groups excluding carboxylic acids is 1. The molecule has 1 amide bonds. The van der Waals surface area contributed by atoms with Crippen LogP contribution in [0.4, 0.5) is 0 Å². The molecule has 9 nitrogen and oxygen atoms in total. The van der Waals surface area contributed by atoms with Crippen molar-refractivity contribution in [1.82, 2.24) is 9.80 Å². The minimum atomic E-state index is -2.27. The van der Waals surface area contributed by atoms with Crippen LogP contribution in [0.5, 0.6) is 0 Å². The molecule has 0 bridgehead atoms. The number of aliphatic carboxylic acids is 2. The van der Waals surface area contributed by atoms with Gasteiger partial charge in [-0.15, -0.1) is 0 Å². The predicted octanol–water partition coefficient (Wildman–Crippen LogP) is 1.02. The van der Waals surface area contributed by atoms with E-state index in [2.05, 4.69) is 18.7 Å². The van der Waals surface area contributed by atoms with E-state index in [1.165, 1.54) is 6.42 Å². The summed E-state index contributed by atoms with van der Waals surface area (Å²) in [4.78, 5) is 36.4. The molecule has 1 saturated heterocycles. The predicted molar refractivity (Wildman–Crippen MR) is 111 cm³/mol. The number of amides is 1. The number of hydrogen-bond donors (Lipinski definition) is 4. The number of likely N-dealkylation sites (tertiary alicyclic amines) is 1. The van der Waals surface area contributed by atoms with Crippen LogP contribution in [-0.4, -0.2) is 93.0 Å². The molecule has 3 atom stereocenters. The standard InChI is InChI=1S/C16H23ClN2O.C4H6O6/c1-12(2)15(11-19-9-4-10-19)18(3)16(20)13-5-7-14(17)8-6-13;5-1(3(7)8)2(6)4(9)10/h5-8,12,15H,4,9-11H2,1-3H3;1-2,5-6H,(H,7,8)(H,9,10). The average Bonchev–Trinajstić information content (AvgIpc) is 2.65. The summed E-state index contributed by atoms with van der Waals surface area (Å²) in [6.45, 7) is 7.64. The van der Waals surface area contributed by atoms with E-state index in [1.54, 1.807) is 24.3 Å². The first-order valence-corrected chi connectivity index (χ1v) is 9.90. The summed E-state index contributed by atoms with van der Waals surface area (Å²) in [6.07, 6.45) is -3.25. The van der Waals surface area contributed by atoms with Gasteiger partial charge in [-0.2, -0.15) is 0 Å². The maximum atomic E-state index is 12.6. The molecule has 1 aromatic rings. The lowest BCUT2D eigenvalue weighted by molar-refractivity contribution is -0.165. The Hall–Kier alpha value is -2.20. The minimum Gasteiger partial charge on any atom is -0.479 e. The van der Waals surface area contributed by atoms with Crippen LogP contribution in [0.1, 0.15) is 30.6 Å². The van der Waals surface area contributed by atoms with E-state index < -0.39 is 24.1 Å². The van der Waals surface area contributed by atoms with Crippen LogP contribution in [0.3, 0.4) is 0 Å². The van der Waals surface area contributed by atoms with Crippen molar-refractivity contribution < 1.29 is 34.8 Å². The van der Waals surface area contributed by atoms with Crippen molar-refractivity contribution in [2.75, 3.05) is 26.7 Å². The maximum absolute atomic E-state index is 12.6. The second-order valence-electron chi connectivity index (χ2n) is 7.45. The highest BCUT2D eigenvalue weighted by molar-refractivity contribution is 6.30. The Labute approximate surface area is 180 Å². The zero-order valence-electron chi connectivity index (χ0n) is 17.2. The number of aliphatic hydroxyl groups excluding tert-OH is 2. The molecule has 0 aliphatic carbocycles. The van der Waals surface area contributed by atoms with E-state index in [9.17, 15) is 14.4 Å². The van der Waals surface area contributed by atoms with Crippen LogP contribution < -0.4 is 0 Å². The van der Waals surface area contributed by atoms with Crippen molar-refractivity contribution >= 4 is 29.4 Å². The Kier molecular flexibility index (Phi) is 10.2. The number of rotatable bonds is 8. The first-order chi connectivity index (χ1) is 14.0. The number of benzene rings is 1. The summed E-state index contributed by atoms with van der Waals surface area (Å²) < 4.78 is 0. The number of likely N-dealkylation sites (N-methyl/N-ethyl adjacent to an activating group) is 1. The highest BCUT2D eigenvalue weighted by Gasteiger charge is 2.29. The maximum Gasteiger partial charge on any atom is 0.335 e. The monoisotopic (exact) mass is 444 g/mol. The van der Waals surface area contributed by atoms with Gasteiger partial charge in [0.1, 0.15) is 0 Å². The van der Waals surface area contributed by atoms with Crippen molar-refractivity contribution in [3.8, 4) is 0 Å². The zero-order valence-corrected chi connectivity index (χ0v) is 18.0. The highest BCUT2D eigenvalue weighted by Crippen LogP contribution is 2.18. The zero-order chi connectivity index (χ0) is 23.0. The minimum absolute atomic E-state index is 0.0703. The van der Waals surface area contributed by atoms with Gasteiger partial charge in [-0.3, -0.25) is 4.79 Å². The molecule has 1 heterocycles. The summed E-state index contributed by atoms with van der Waals surface area (Å²) in [5.41, 5.74) is 0.700. The van der Waals surface area contributed by atoms with Gasteiger partial charge in [-0.25, -0.2) is 9.59 Å². The Morgan fingerprint density at radius 2 is 1.50 bits per heavy atom. The van der Waals surface area contributed by atoms with Gasteiger partial charge in [0.15, 0.2) is 12.2 Å². The molecule has 1 fully saturated rings. The van der Waals surface area contributed by atoms with Crippen LogP contribution in [0, 0.1) is 5.92 Å². The Morgan fingerprint density at radius 3 is 1.83 bits per heavy atom. The van der Waals surface area contributed by atoms with Gasteiger partial charge in [0.05, 0.1) is 0 Å². The molecule has 4 N–H and O–H groups in total. The van der Waals surface area contributed by atoms with Gasteiger partial charge >= 0.3 is 11.9 Å². The van der Waals surface area contributed by atoms with Crippen molar-refractivity contribution in [2.45, 2.75) is 38.5 Å². The summed E-state index contributed by atoms with van der Waals surface area (Å²) in [7, 11) is 1.90. The Morgan fingerprint density at radius 1 is 1.03 bits per heavy atom. The number of carboxylic acid groups (broad SMARTS) is 2. The molecular weight excluding hydrogens is 416 g/mol. The third-order valence-electron chi connectivity index (χ3n) is 4.88. The molecule has 30 heavy (non-hydrogen) atoms. The molecular formula is C20H29ClN2O7. The van der Waals surface area contributed by atoms with Gasteiger partial charge < -0.3 is 30.2 Å². The van der Waals surface area contributed by atoms with E-state index in [1.807, 2.05) is 11.9 Å². The lowest BCUT2D eigenvalue weighted by Gasteiger charge is -2.39. The van der Waals surface area contributed by atoms with Crippen LogP contribution in [0.15, 0.2) is 24.3 Å². The van der Waals surface area contributed by atoms with Crippen molar-refractivity contribution in [2.24, 2.45) is 5.92 Å². The molecule has 1 aliphatic heterocycles. The lowest BCUT2D eigenvalue weighted by atomic mass is 10.00. The van der Waals surface area contributed by atoms with E-state index in [0.717, 1.165) is 19.6 Å². The van der Waals surface area contributed by atoms with Gasteiger partial charge in [0, 0.05) is 30.2 Å². The highest BCUT2D eigenvalue weighted by atomic mass is 35.5. The Bertz CT molecular complexity index is 704. The fraction of sp³-hybridized carbons (Fsp3) is 0.550. The number of carbonyl (C=O) groups is 3. The molecule has 1 aliphatic rings. The summed E-state index contributed by atoms with van der Waals surface area (Å²) >= 11 is 5.87. The van der Waals surface area contributed by atoms with Crippen LogP contribution in [0.2, 0.25) is 5.02 Å². The summed E-state index contributed by atoms with van der Waals surface area (Å²) in [5, 5.41) is 33.2. The van der Waals surface area contributed by atoms with Gasteiger partial charge in [-0.05, 0) is 49.7 Å². The van der Waals surface area contributed by atoms with E-state index >= 15 is 0 Å². The molecule has 0 aromatic heterocycles. The number of aliphatic hydroxyl groups is 2. The van der Waals surface area contributed by atoms with Crippen LogP contribution >= 0.6 is 11.6 Å². The molecule has 168 valence electrons. The lowest BCUT2D eigenvalue weighted by Crippen LogP contribution is -2.51. The van der Waals surface area contributed by atoms with Crippen LogP contribution in [0.25, 0.3) is 0 Å². The SMILES string of the molecule is CC(C)C(CN1CCC1)N(C)C(=O)c1ccc(Cl)cc1.O=C(O)C(O)C(O)C(=O)O. The molecule has 3 unspecified atom stereocenters. The molecule has 2 rings (SSSR count). The first kappa shape index (κ1) is 25.8. The second kappa shape index (κ2) is 11.8. The molecule has 10 heteroatoms. The number of halogens is 1. The van der Waals surface area contributed by atoms with Gasteiger partial charge in [-0.1, -0.05) is 25.4 Å². The summed E-state index contributed by atoms with van der Waals surface area (Å²) in [6, 6.07) is 7.37. The van der Waals surface area contributed by atoms with E-state index in [4.69, 9.17) is 32.0 Å². The first-order valence-electron chi connectivity index (χ1n) is 9.52. The van der Waals surface area contributed by atoms with Crippen molar-refractivity contribution in [1.29, 1.82) is 0 Å². The smallest absolute Gasteiger partial charge is 0.335 e. The van der Waals surface area contributed by atoms with E-state index in [-0.39, 0.29) is 11.9 Å². The average molecular weight is 445 g/mol. The largest absolute Gasteiger partial charge is 0.479 e. The Balaban J connectivity index is 0.000000382. The molecule has 0 spiro atoms. The van der Waals surface area contributed by atoms with E-state index in [0.29, 0.717) is 16.5 Å². The summed E-state index contributed by atoms with van der Waals surface area (Å²) in [5.74, 6) is -3.03.